The number of hydrogen-bond donors (Lipinski definition) is 1. The normalized spacial score (nSPS) is 11.1. The first kappa shape index (κ1) is 22.5. The maximum atomic E-state index is 12.9. The number of esters is 1. The van der Waals surface area contributed by atoms with Gasteiger partial charge in [-0.1, -0.05) is 37.7 Å². The monoisotopic (exact) mass is 443 g/mol. The van der Waals surface area contributed by atoms with Gasteiger partial charge in [-0.25, -0.2) is 9.78 Å². The van der Waals surface area contributed by atoms with Gasteiger partial charge in [-0.05, 0) is 24.5 Å². The first-order chi connectivity index (χ1) is 14.8. The molecule has 1 amide bonds. The van der Waals surface area contributed by atoms with Crippen LogP contribution in [-0.2, 0) is 23.1 Å². The zero-order valence-corrected chi connectivity index (χ0v) is 18.7. The number of amides is 1. The maximum absolute atomic E-state index is 12.9. The second-order valence-corrected chi connectivity index (χ2v) is 8.39. The number of benzene rings is 1. The molecule has 0 saturated carbocycles. The van der Waals surface area contributed by atoms with E-state index in [0.717, 1.165) is 6.42 Å². The molecule has 31 heavy (non-hydrogen) atoms. The zero-order valence-electron chi connectivity index (χ0n) is 17.9. The van der Waals surface area contributed by atoms with Gasteiger partial charge in [0.1, 0.15) is 5.52 Å². The molecule has 0 aliphatic heterocycles. The first-order valence-electron chi connectivity index (χ1n) is 9.84. The molecule has 1 N–H and O–H groups in total. The number of carbonyl (C=O) groups excluding carboxylic acids is 2. The van der Waals surface area contributed by atoms with Crippen molar-refractivity contribution >= 4 is 40.4 Å². The van der Waals surface area contributed by atoms with Crippen LogP contribution in [0.2, 0.25) is 0 Å². The quantitative estimate of drug-likeness (QED) is 0.324. The number of nitrogens with one attached hydrogen (secondary N) is 1. The lowest BCUT2D eigenvalue weighted by Crippen LogP contribution is -2.25. The Morgan fingerprint density at radius 2 is 2.00 bits per heavy atom. The Morgan fingerprint density at radius 1 is 1.26 bits per heavy atom. The lowest BCUT2D eigenvalue weighted by molar-refractivity contribution is -0.113. The van der Waals surface area contributed by atoms with Gasteiger partial charge < -0.3 is 10.1 Å². The molecule has 164 valence electrons. The molecule has 9 nitrogen and oxygen atoms in total. The van der Waals surface area contributed by atoms with Crippen LogP contribution in [0.4, 0.5) is 5.69 Å². The van der Waals surface area contributed by atoms with Crippen molar-refractivity contribution < 1.29 is 14.3 Å². The standard InChI is InChI=1S/C21H25N5O4S/c1-13(2)9-10-26-19(28)18-16(11-25(3)24-18)23-21(26)31-12-17(27)22-15-8-6-5-7-14(15)20(29)30-4/h5-8,11,13H,9-10,12H2,1-4H3,(H,22,27). The van der Waals surface area contributed by atoms with Crippen molar-refractivity contribution in [1.82, 2.24) is 19.3 Å². The summed E-state index contributed by atoms with van der Waals surface area (Å²) in [7, 11) is 3.02. The molecule has 1 aromatic carbocycles. The summed E-state index contributed by atoms with van der Waals surface area (Å²) >= 11 is 1.17. The summed E-state index contributed by atoms with van der Waals surface area (Å²) in [5.74, 6) is -0.426. The van der Waals surface area contributed by atoms with Crippen LogP contribution in [0.15, 0.2) is 40.4 Å². The van der Waals surface area contributed by atoms with Crippen LogP contribution >= 0.6 is 11.8 Å². The van der Waals surface area contributed by atoms with Crippen molar-refractivity contribution in [2.45, 2.75) is 32.0 Å². The molecular formula is C21H25N5O4S. The van der Waals surface area contributed by atoms with E-state index in [9.17, 15) is 14.4 Å². The number of nitrogens with zero attached hydrogens (tertiary/aromatic N) is 4. The molecule has 0 aliphatic carbocycles. The minimum Gasteiger partial charge on any atom is -0.465 e. The van der Waals surface area contributed by atoms with Crippen molar-refractivity contribution in [3.05, 3.63) is 46.4 Å². The summed E-state index contributed by atoms with van der Waals surface area (Å²) < 4.78 is 7.89. The number of anilines is 1. The Balaban J connectivity index is 1.81. The van der Waals surface area contributed by atoms with E-state index in [2.05, 4.69) is 29.2 Å². The average Bonchev–Trinajstić information content (AvgIpc) is 3.12. The number of rotatable bonds is 8. The number of para-hydroxylation sites is 1. The summed E-state index contributed by atoms with van der Waals surface area (Å²) in [6, 6.07) is 6.62. The third-order valence-electron chi connectivity index (χ3n) is 4.57. The van der Waals surface area contributed by atoms with Gasteiger partial charge in [-0.3, -0.25) is 18.8 Å². The SMILES string of the molecule is COC(=O)c1ccccc1NC(=O)CSc1nc2cn(C)nc2c(=O)n1CCC(C)C. The van der Waals surface area contributed by atoms with Gasteiger partial charge >= 0.3 is 5.97 Å². The predicted octanol–water partition coefficient (Wildman–Crippen LogP) is 2.69. The van der Waals surface area contributed by atoms with E-state index in [4.69, 9.17) is 4.74 Å². The van der Waals surface area contributed by atoms with Crippen molar-refractivity contribution in [3.63, 3.8) is 0 Å². The second kappa shape index (κ2) is 9.78. The number of ether oxygens (including phenoxy) is 1. The van der Waals surface area contributed by atoms with Gasteiger partial charge in [0, 0.05) is 13.6 Å². The minimum absolute atomic E-state index is 0.0232. The Bertz CT molecular complexity index is 1170. The second-order valence-electron chi connectivity index (χ2n) is 7.44. The maximum Gasteiger partial charge on any atom is 0.339 e. The summed E-state index contributed by atoms with van der Waals surface area (Å²) in [6.45, 7) is 4.65. The number of fused-ring (bicyclic) bond motifs is 1. The Kier molecular flexibility index (Phi) is 7.11. The largest absolute Gasteiger partial charge is 0.465 e. The van der Waals surface area contributed by atoms with Crippen LogP contribution in [0.25, 0.3) is 11.0 Å². The first-order valence-corrected chi connectivity index (χ1v) is 10.8. The van der Waals surface area contributed by atoms with Gasteiger partial charge in [0.25, 0.3) is 5.56 Å². The molecule has 0 fully saturated rings. The van der Waals surface area contributed by atoms with Crippen molar-refractivity contribution in [3.8, 4) is 0 Å². The fourth-order valence-electron chi connectivity index (χ4n) is 2.98. The van der Waals surface area contributed by atoms with E-state index in [1.807, 2.05) is 0 Å². The summed E-state index contributed by atoms with van der Waals surface area (Å²) in [5.41, 5.74) is 1.23. The Labute approximate surface area is 183 Å². The van der Waals surface area contributed by atoms with Crippen LogP contribution in [0, 0.1) is 5.92 Å². The van der Waals surface area contributed by atoms with Crippen LogP contribution in [0.1, 0.15) is 30.6 Å². The van der Waals surface area contributed by atoms with E-state index in [-0.39, 0.29) is 22.8 Å². The highest BCUT2D eigenvalue weighted by molar-refractivity contribution is 7.99. The number of methoxy groups -OCH3 is 1. The summed E-state index contributed by atoms with van der Waals surface area (Å²) in [6.07, 6.45) is 2.48. The van der Waals surface area contributed by atoms with Crippen molar-refractivity contribution in [2.24, 2.45) is 13.0 Å². The number of thioether (sulfide) groups is 1. The van der Waals surface area contributed by atoms with Crippen LogP contribution in [-0.4, -0.2) is 44.1 Å². The molecule has 0 bridgehead atoms. The van der Waals surface area contributed by atoms with Gasteiger partial charge in [-0.15, -0.1) is 0 Å². The van der Waals surface area contributed by atoms with E-state index in [0.29, 0.717) is 34.3 Å². The lowest BCUT2D eigenvalue weighted by Gasteiger charge is -2.13. The third-order valence-corrected chi connectivity index (χ3v) is 5.55. The topological polar surface area (TPSA) is 108 Å². The summed E-state index contributed by atoms with van der Waals surface area (Å²) in [5, 5.41) is 7.41. The smallest absolute Gasteiger partial charge is 0.339 e. The molecule has 3 aromatic rings. The van der Waals surface area contributed by atoms with Gasteiger partial charge in [0.2, 0.25) is 5.91 Å². The Morgan fingerprint density at radius 3 is 2.71 bits per heavy atom. The molecule has 0 aliphatic rings. The van der Waals surface area contributed by atoms with Crippen LogP contribution < -0.4 is 10.9 Å². The lowest BCUT2D eigenvalue weighted by atomic mass is 10.1. The highest BCUT2D eigenvalue weighted by Crippen LogP contribution is 2.20. The molecule has 2 aromatic heterocycles. The molecule has 0 atom stereocenters. The highest BCUT2D eigenvalue weighted by Gasteiger charge is 2.17. The number of hydrogen-bond acceptors (Lipinski definition) is 7. The number of aryl methyl sites for hydroxylation is 1. The molecule has 0 unspecified atom stereocenters. The van der Waals surface area contributed by atoms with E-state index in [1.54, 1.807) is 46.8 Å². The fraction of sp³-hybridized carbons (Fsp3) is 0.381. The summed E-state index contributed by atoms with van der Waals surface area (Å²) in [4.78, 5) is 42.0. The van der Waals surface area contributed by atoms with Gasteiger partial charge in [0.15, 0.2) is 10.7 Å². The van der Waals surface area contributed by atoms with E-state index < -0.39 is 5.97 Å². The van der Waals surface area contributed by atoms with Crippen LogP contribution in [0.5, 0.6) is 0 Å². The molecule has 10 heteroatoms. The van der Waals surface area contributed by atoms with Gasteiger partial charge in [0.05, 0.1) is 30.3 Å². The average molecular weight is 444 g/mol. The van der Waals surface area contributed by atoms with Crippen LogP contribution in [0.3, 0.4) is 0 Å². The predicted molar refractivity (Wildman–Crippen MR) is 119 cm³/mol. The van der Waals surface area contributed by atoms with E-state index >= 15 is 0 Å². The molecule has 0 spiro atoms. The molecule has 2 heterocycles. The molecule has 0 saturated heterocycles. The Hall–Kier alpha value is -3.14. The zero-order chi connectivity index (χ0) is 22.5. The third kappa shape index (κ3) is 5.32. The highest BCUT2D eigenvalue weighted by atomic mass is 32.2. The fourth-order valence-corrected chi connectivity index (χ4v) is 3.80. The number of aromatic nitrogens is 4. The number of carbonyl (C=O) groups is 2. The van der Waals surface area contributed by atoms with Gasteiger partial charge in [-0.2, -0.15) is 5.10 Å². The molecule has 0 radical (unpaired) electrons. The minimum atomic E-state index is -0.533. The molecule has 3 rings (SSSR count). The van der Waals surface area contributed by atoms with E-state index in [1.165, 1.54) is 18.9 Å². The molecular weight excluding hydrogens is 418 g/mol. The van der Waals surface area contributed by atoms with Crippen molar-refractivity contribution in [1.29, 1.82) is 0 Å². The van der Waals surface area contributed by atoms with Crippen molar-refractivity contribution in [2.75, 3.05) is 18.2 Å².